The summed E-state index contributed by atoms with van der Waals surface area (Å²) >= 11 is 0. The van der Waals surface area contributed by atoms with Crippen LogP contribution in [0, 0.1) is 5.92 Å². The Morgan fingerprint density at radius 3 is 2.58 bits per heavy atom. The van der Waals surface area contributed by atoms with Crippen molar-refractivity contribution in [2.45, 2.75) is 57.9 Å². The predicted octanol–water partition coefficient (Wildman–Crippen LogP) is 1.97. The van der Waals surface area contributed by atoms with Crippen LogP contribution in [0.5, 0.6) is 0 Å². The van der Waals surface area contributed by atoms with Gasteiger partial charge in [0.25, 0.3) is 0 Å². The van der Waals surface area contributed by atoms with E-state index in [1.54, 1.807) is 0 Å². The largest absolute Gasteiger partial charge is 0.317 e. The van der Waals surface area contributed by atoms with E-state index >= 15 is 0 Å². The Bertz CT molecular complexity index is 362. The summed E-state index contributed by atoms with van der Waals surface area (Å²) in [7, 11) is -3.05. The second kappa shape index (κ2) is 7.04. The number of hydrogen-bond donors (Lipinski definition) is 1. The van der Waals surface area contributed by atoms with E-state index in [-0.39, 0.29) is 6.04 Å². The lowest BCUT2D eigenvalue weighted by Gasteiger charge is -2.36. The topological polar surface area (TPSA) is 49.4 Å². The maximum Gasteiger partial charge on any atom is 0.214 e. The van der Waals surface area contributed by atoms with Crippen LogP contribution in [0.15, 0.2) is 0 Å². The summed E-state index contributed by atoms with van der Waals surface area (Å²) in [6.45, 7) is 4.83. The van der Waals surface area contributed by atoms with E-state index in [0.717, 1.165) is 58.2 Å². The summed E-state index contributed by atoms with van der Waals surface area (Å²) in [5, 5.41) is 3.30. The van der Waals surface area contributed by atoms with Gasteiger partial charge in [-0.15, -0.1) is 0 Å². The molecule has 0 aromatic heterocycles. The highest BCUT2D eigenvalue weighted by Crippen LogP contribution is 2.26. The standard InChI is InChI=1S/C14H28N2O2S/c1-2-5-14-6-3-4-11-16(14)19(17,18)12-13-7-9-15-10-8-13/h13-15H,2-12H2,1H3. The molecule has 1 N–H and O–H groups in total. The van der Waals surface area contributed by atoms with Crippen molar-refractivity contribution in [1.82, 2.24) is 9.62 Å². The first-order chi connectivity index (χ1) is 9.13. The second-order valence-electron chi connectivity index (χ2n) is 6.02. The van der Waals surface area contributed by atoms with Gasteiger partial charge in [0.15, 0.2) is 0 Å². The molecule has 0 radical (unpaired) electrons. The van der Waals surface area contributed by atoms with Gasteiger partial charge in [0.1, 0.15) is 0 Å². The zero-order valence-electron chi connectivity index (χ0n) is 12.1. The fourth-order valence-electron chi connectivity index (χ4n) is 3.40. The SMILES string of the molecule is CCCC1CCCCN1S(=O)(=O)CC1CCNCC1. The first-order valence-electron chi connectivity index (χ1n) is 7.83. The lowest BCUT2D eigenvalue weighted by atomic mass is 10.0. The third-order valence-electron chi connectivity index (χ3n) is 4.46. The smallest absolute Gasteiger partial charge is 0.214 e. The van der Waals surface area contributed by atoms with Gasteiger partial charge in [0, 0.05) is 12.6 Å². The molecule has 2 aliphatic rings. The molecule has 1 atom stereocenters. The molecule has 19 heavy (non-hydrogen) atoms. The first-order valence-corrected chi connectivity index (χ1v) is 9.44. The van der Waals surface area contributed by atoms with Crippen molar-refractivity contribution in [2.75, 3.05) is 25.4 Å². The van der Waals surface area contributed by atoms with Crippen molar-refractivity contribution in [3.63, 3.8) is 0 Å². The highest BCUT2D eigenvalue weighted by Gasteiger charge is 2.33. The Hall–Kier alpha value is -0.130. The molecule has 0 aromatic rings. The van der Waals surface area contributed by atoms with Gasteiger partial charge in [-0.05, 0) is 51.1 Å². The van der Waals surface area contributed by atoms with E-state index in [1.165, 1.54) is 6.42 Å². The Balaban J connectivity index is 1.99. The monoisotopic (exact) mass is 288 g/mol. The molecule has 0 amide bonds. The zero-order chi connectivity index (χ0) is 13.7. The Morgan fingerprint density at radius 2 is 1.89 bits per heavy atom. The molecular weight excluding hydrogens is 260 g/mol. The highest BCUT2D eigenvalue weighted by molar-refractivity contribution is 7.89. The average Bonchev–Trinajstić information content (AvgIpc) is 2.40. The van der Waals surface area contributed by atoms with Crippen molar-refractivity contribution in [3.05, 3.63) is 0 Å². The van der Waals surface area contributed by atoms with Gasteiger partial charge >= 0.3 is 0 Å². The first kappa shape index (κ1) is 15.3. The summed E-state index contributed by atoms with van der Waals surface area (Å²) in [6, 6.07) is 0.269. The normalized spacial score (nSPS) is 27.5. The number of nitrogens with zero attached hydrogens (tertiary/aromatic N) is 1. The molecule has 0 aliphatic carbocycles. The summed E-state index contributed by atoms with van der Waals surface area (Å²) in [5.41, 5.74) is 0. The maximum atomic E-state index is 12.6. The Morgan fingerprint density at radius 1 is 1.16 bits per heavy atom. The van der Waals surface area contributed by atoms with Crippen LogP contribution < -0.4 is 5.32 Å². The lowest BCUT2D eigenvalue weighted by molar-refractivity contribution is 0.237. The van der Waals surface area contributed by atoms with Gasteiger partial charge in [-0.25, -0.2) is 8.42 Å². The number of rotatable bonds is 5. The zero-order valence-corrected chi connectivity index (χ0v) is 12.9. The summed E-state index contributed by atoms with van der Waals surface area (Å²) in [5.74, 6) is 0.727. The molecule has 2 saturated heterocycles. The maximum absolute atomic E-state index is 12.6. The van der Waals surface area contributed by atoms with Crippen molar-refractivity contribution in [1.29, 1.82) is 0 Å². The van der Waals surface area contributed by atoms with Crippen LogP contribution in [0.1, 0.15) is 51.9 Å². The van der Waals surface area contributed by atoms with E-state index in [9.17, 15) is 8.42 Å². The molecule has 0 bridgehead atoms. The van der Waals surface area contributed by atoms with Crippen LogP contribution in [0.2, 0.25) is 0 Å². The van der Waals surface area contributed by atoms with Gasteiger partial charge in [-0.1, -0.05) is 19.8 Å². The average molecular weight is 288 g/mol. The summed E-state index contributed by atoms with van der Waals surface area (Å²) in [6.07, 6.45) is 7.38. The van der Waals surface area contributed by atoms with Crippen molar-refractivity contribution < 1.29 is 8.42 Å². The molecule has 2 aliphatic heterocycles. The van der Waals surface area contributed by atoms with Crippen LogP contribution in [0.4, 0.5) is 0 Å². The lowest BCUT2D eigenvalue weighted by Crippen LogP contribution is -2.46. The molecule has 4 nitrogen and oxygen atoms in total. The predicted molar refractivity (Wildman–Crippen MR) is 78.6 cm³/mol. The number of nitrogens with one attached hydrogen (secondary N) is 1. The van der Waals surface area contributed by atoms with Crippen molar-refractivity contribution >= 4 is 10.0 Å². The molecule has 112 valence electrons. The van der Waals surface area contributed by atoms with Gasteiger partial charge < -0.3 is 5.32 Å². The molecule has 0 saturated carbocycles. The van der Waals surface area contributed by atoms with E-state index in [2.05, 4.69) is 12.2 Å². The van der Waals surface area contributed by atoms with Gasteiger partial charge in [-0.3, -0.25) is 0 Å². The van der Waals surface area contributed by atoms with Crippen molar-refractivity contribution in [3.8, 4) is 0 Å². The molecule has 0 spiro atoms. The van der Waals surface area contributed by atoms with E-state index in [4.69, 9.17) is 0 Å². The third kappa shape index (κ3) is 4.17. The number of hydrogen-bond acceptors (Lipinski definition) is 3. The van der Waals surface area contributed by atoms with Crippen LogP contribution in [0.25, 0.3) is 0 Å². The van der Waals surface area contributed by atoms with Crippen LogP contribution in [0.3, 0.4) is 0 Å². The second-order valence-corrected chi connectivity index (χ2v) is 7.99. The van der Waals surface area contributed by atoms with E-state index < -0.39 is 10.0 Å². The third-order valence-corrected chi connectivity index (χ3v) is 6.55. The minimum Gasteiger partial charge on any atom is -0.317 e. The summed E-state index contributed by atoms with van der Waals surface area (Å²) in [4.78, 5) is 0. The van der Waals surface area contributed by atoms with Gasteiger partial charge in [-0.2, -0.15) is 4.31 Å². The van der Waals surface area contributed by atoms with Crippen LogP contribution >= 0.6 is 0 Å². The van der Waals surface area contributed by atoms with Crippen LogP contribution in [-0.2, 0) is 10.0 Å². The molecular formula is C14H28N2O2S. The molecule has 1 unspecified atom stereocenters. The van der Waals surface area contributed by atoms with Gasteiger partial charge in [0.05, 0.1) is 5.75 Å². The van der Waals surface area contributed by atoms with Crippen LogP contribution in [-0.4, -0.2) is 44.2 Å². The molecule has 5 heteroatoms. The fourth-order valence-corrected chi connectivity index (χ4v) is 5.60. The van der Waals surface area contributed by atoms with E-state index in [1.807, 2.05) is 4.31 Å². The summed E-state index contributed by atoms with van der Waals surface area (Å²) < 4.78 is 27.1. The van der Waals surface area contributed by atoms with Crippen molar-refractivity contribution in [2.24, 2.45) is 5.92 Å². The quantitative estimate of drug-likeness (QED) is 0.841. The fraction of sp³-hybridized carbons (Fsp3) is 1.00. The Kier molecular flexibility index (Phi) is 5.66. The number of piperidine rings is 2. The molecule has 0 aromatic carbocycles. The molecule has 2 rings (SSSR count). The highest BCUT2D eigenvalue weighted by atomic mass is 32.2. The Labute approximate surface area is 118 Å². The molecule has 2 heterocycles. The number of sulfonamides is 1. The minimum absolute atomic E-state index is 0.269. The minimum atomic E-state index is -3.05. The van der Waals surface area contributed by atoms with E-state index in [0.29, 0.717) is 11.7 Å². The van der Waals surface area contributed by atoms with Gasteiger partial charge in [0.2, 0.25) is 10.0 Å². The molecule has 2 fully saturated rings.